The molecule has 2 aliphatic rings. The Labute approximate surface area is 356 Å². The summed E-state index contributed by atoms with van der Waals surface area (Å²) >= 11 is -6.59. The minimum atomic E-state index is -6.59. The summed E-state index contributed by atoms with van der Waals surface area (Å²) in [6, 6.07) is 21.0. The van der Waals surface area contributed by atoms with E-state index in [1.807, 2.05) is 52.0 Å². The molecule has 4 unspecified atom stereocenters. The number of fused-ring (bicyclic) bond motifs is 2. The van der Waals surface area contributed by atoms with Gasteiger partial charge in [-0.2, -0.15) is 0 Å². The Kier molecular flexibility index (Phi) is 13.2. The summed E-state index contributed by atoms with van der Waals surface area (Å²) in [5.41, 5.74) is 2.55. The molecule has 6 rings (SSSR count). The van der Waals surface area contributed by atoms with Crippen molar-refractivity contribution in [3.8, 4) is 22.3 Å². The van der Waals surface area contributed by atoms with Crippen LogP contribution in [0.1, 0.15) is 108 Å². The molecule has 4 aromatic rings. The molecule has 60 heavy (non-hydrogen) atoms. The van der Waals surface area contributed by atoms with Crippen LogP contribution in [0.25, 0.3) is 34.4 Å². The third-order valence-electron chi connectivity index (χ3n) is 12.5. The van der Waals surface area contributed by atoms with Crippen LogP contribution in [0.3, 0.4) is 0 Å². The van der Waals surface area contributed by atoms with Crippen molar-refractivity contribution in [2.75, 3.05) is 0 Å². The van der Waals surface area contributed by atoms with Crippen molar-refractivity contribution in [1.29, 1.82) is 0 Å². The average Bonchev–Trinajstić information content (AvgIpc) is 3.83. The van der Waals surface area contributed by atoms with Crippen LogP contribution in [0, 0.1) is 11.8 Å². The molecule has 2 aliphatic carbocycles. The second kappa shape index (κ2) is 17.3. The normalized spacial score (nSPS) is 18.0. The van der Waals surface area contributed by atoms with Gasteiger partial charge in [0.15, 0.2) is 0 Å². The van der Waals surface area contributed by atoms with Crippen molar-refractivity contribution < 1.29 is 52.1 Å². The molecule has 317 valence electrons. The molecule has 4 nitrogen and oxygen atoms in total. The number of hydrogen-bond acceptors (Lipinski definition) is 2. The van der Waals surface area contributed by atoms with Gasteiger partial charge in [-0.25, -0.2) is 0 Å². The van der Waals surface area contributed by atoms with E-state index < -0.39 is 63.2 Å². The second-order valence-electron chi connectivity index (χ2n) is 16.0. The van der Waals surface area contributed by atoms with E-state index in [0.29, 0.717) is 46.2 Å². The molecule has 0 bridgehead atoms. The monoisotopic (exact) mass is 945 g/mol. The summed E-state index contributed by atoms with van der Waals surface area (Å²) in [5.74, 6) is -1.36. The number of carbonyl (C=O) groups excluding carboxylic acids is 2. The van der Waals surface area contributed by atoms with E-state index >= 15 is 0 Å². The molecule has 0 heterocycles. The van der Waals surface area contributed by atoms with E-state index in [1.165, 1.54) is 24.3 Å². The van der Waals surface area contributed by atoms with Crippen molar-refractivity contribution in [2.24, 2.45) is 11.8 Å². The summed E-state index contributed by atoms with van der Waals surface area (Å²) in [7, 11) is 17.5. The molecule has 14 heteroatoms. The number of amides is 2. The summed E-state index contributed by atoms with van der Waals surface area (Å²) in [5, 5.41) is 6.08. The molecule has 2 N–H and O–H groups in total. The molecule has 0 saturated heterocycles. The summed E-state index contributed by atoms with van der Waals surface area (Å²) < 4.78 is 84.7. The van der Waals surface area contributed by atoms with Gasteiger partial charge in [-0.3, -0.25) is 0 Å². The van der Waals surface area contributed by atoms with Crippen LogP contribution in [0.4, 0.5) is 26.3 Å². The summed E-state index contributed by atoms with van der Waals surface area (Å²) in [4.78, 5) is 27.4. The van der Waals surface area contributed by atoms with Gasteiger partial charge in [0, 0.05) is 0 Å². The summed E-state index contributed by atoms with van der Waals surface area (Å²) in [6.07, 6.45) is -4.37. The SMILES string of the molecule is CCC(=O)N[B](NC(=O)CC)[Zr]([Cl])([Cl])([CH]1C(C(C)CC)=Cc2c(-c3ccccc3C(F)(F)F)cccc21)[CH]1C(C(C)CC)=Cc2c(-c3ccccc3C(F)(F)F)cccc21. The first-order chi connectivity index (χ1) is 28.2. The first kappa shape index (κ1) is 45.9. The maximum absolute atomic E-state index is 14.6. The number of benzene rings is 4. The molecule has 4 aromatic carbocycles. The molecule has 0 aromatic heterocycles. The van der Waals surface area contributed by atoms with Gasteiger partial charge in [-0.15, -0.1) is 0 Å². The molecule has 0 aliphatic heterocycles. The Morgan fingerprint density at radius 2 is 0.950 bits per heavy atom. The van der Waals surface area contributed by atoms with E-state index in [1.54, 1.807) is 50.2 Å². The number of rotatable bonds is 13. The Morgan fingerprint density at radius 3 is 1.28 bits per heavy atom. The summed E-state index contributed by atoms with van der Waals surface area (Å²) in [6.45, 7) is 11.2. The standard InChI is InChI=1S/2C20H18F3.C6H11BN2O2.2ClH.Zr/c2*1-3-13(2)15-11-14-7-6-9-16(18(14)12-15)17-8-4-5-10-19(17)20(21,22)23;1-3-5(10)8-7-9-6(11)4-2;;;/h2*4-13H,3H2,1-2H3;3-4H2,1-2H3,(H-,8,9,10,11);2*1H;/q;;;;;+1/p-1. The van der Waals surface area contributed by atoms with E-state index in [-0.39, 0.29) is 35.8 Å². The van der Waals surface area contributed by atoms with Gasteiger partial charge in [-0.1, -0.05) is 0 Å². The van der Waals surface area contributed by atoms with Crippen molar-refractivity contribution in [3.05, 3.63) is 129 Å². The molecule has 2 amide bonds. The first-order valence-corrected chi connectivity index (χ1v) is 31.0. The molecular formula is C46H48BCl2F6N2O2Zr. The number of nitrogens with one attached hydrogen (secondary N) is 2. The predicted molar refractivity (Wildman–Crippen MR) is 228 cm³/mol. The third-order valence-corrected chi connectivity index (χ3v) is 32.3. The number of halogens is 8. The van der Waals surface area contributed by atoms with E-state index in [2.05, 4.69) is 10.5 Å². The zero-order valence-electron chi connectivity index (χ0n) is 34.3. The number of allylic oxidation sites excluding steroid dienone is 2. The number of hydrogen-bond donors (Lipinski definition) is 2. The van der Waals surface area contributed by atoms with Crippen LogP contribution < -0.4 is 10.5 Å². The maximum atomic E-state index is 14.6. The Bertz CT molecular complexity index is 2220. The molecular weight excluding hydrogens is 899 g/mol. The fourth-order valence-corrected chi connectivity index (χ4v) is 29.9. The fourth-order valence-electron chi connectivity index (χ4n) is 9.14. The zero-order valence-corrected chi connectivity index (χ0v) is 38.3. The first-order valence-electron chi connectivity index (χ1n) is 20.4. The predicted octanol–water partition coefficient (Wildman–Crippen LogP) is 13.8. The Morgan fingerprint density at radius 1 is 0.600 bits per heavy atom. The average molecular weight is 948 g/mol. The van der Waals surface area contributed by atoms with Gasteiger partial charge >= 0.3 is 358 Å². The molecule has 4 atom stereocenters. The van der Waals surface area contributed by atoms with Gasteiger partial charge in [0.1, 0.15) is 0 Å². The van der Waals surface area contributed by atoms with Crippen molar-refractivity contribution in [2.45, 2.75) is 86.8 Å². The van der Waals surface area contributed by atoms with Gasteiger partial charge in [-0.05, 0) is 0 Å². The van der Waals surface area contributed by atoms with Crippen molar-refractivity contribution in [3.63, 3.8) is 0 Å². The number of alkyl halides is 6. The quantitative estimate of drug-likeness (QED) is 0.104. The topological polar surface area (TPSA) is 58.2 Å². The van der Waals surface area contributed by atoms with Crippen LogP contribution in [0.5, 0.6) is 0 Å². The molecule has 0 radical (unpaired) electrons. The third kappa shape index (κ3) is 8.10. The second-order valence-corrected chi connectivity index (χ2v) is 37.4. The van der Waals surface area contributed by atoms with Crippen molar-refractivity contribution >= 4 is 45.5 Å². The number of carbonyl (C=O) groups is 2. The zero-order chi connectivity index (χ0) is 44.0. The van der Waals surface area contributed by atoms with Gasteiger partial charge in [0.05, 0.1) is 0 Å². The van der Waals surface area contributed by atoms with E-state index in [0.717, 1.165) is 23.3 Å². The minimum absolute atomic E-state index is 0.0128. The fraction of sp³-hybridized carbons (Fsp3) is 0.348. The van der Waals surface area contributed by atoms with Crippen LogP contribution in [0.2, 0.25) is 0 Å². The van der Waals surface area contributed by atoms with Gasteiger partial charge in [0.2, 0.25) is 0 Å². The Balaban J connectivity index is 1.77. The van der Waals surface area contributed by atoms with Crippen molar-refractivity contribution in [1.82, 2.24) is 10.5 Å². The molecule has 0 fully saturated rings. The molecule has 0 spiro atoms. The van der Waals surface area contributed by atoms with Crippen LogP contribution in [0.15, 0.2) is 96.1 Å². The van der Waals surface area contributed by atoms with E-state index in [4.69, 9.17) is 17.0 Å². The Hall–Kier alpha value is -3.59. The van der Waals surface area contributed by atoms with Crippen LogP contribution >= 0.6 is 17.0 Å². The van der Waals surface area contributed by atoms with Crippen LogP contribution in [-0.2, 0) is 38.1 Å². The van der Waals surface area contributed by atoms with Gasteiger partial charge in [0.25, 0.3) is 0 Å². The van der Waals surface area contributed by atoms with Crippen LogP contribution in [-0.4, -0.2) is 16.3 Å². The van der Waals surface area contributed by atoms with E-state index in [9.17, 15) is 35.9 Å². The van der Waals surface area contributed by atoms with Gasteiger partial charge < -0.3 is 0 Å². The molecule has 0 saturated carbocycles.